The van der Waals surface area contributed by atoms with Crippen molar-refractivity contribution in [3.8, 4) is 0 Å². The third kappa shape index (κ3) is 3.45. The molecule has 22 heavy (non-hydrogen) atoms. The van der Waals surface area contributed by atoms with Crippen LogP contribution in [0, 0.1) is 12.7 Å². The van der Waals surface area contributed by atoms with E-state index < -0.39 is 21.8 Å². The number of carboxylic acid groups (broad SMARTS) is 1. The van der Waals surface area contributed by atoms with E-state index in [2.05, 4.69) is 20.7 Å². The molecule has 2 aromatic carbocycles. The lowest BCUT2D eigenvalue weighted by Gasteiger charge is -2.12. The SMILES string of the molecule is Cc1ccc(C(=O)O)cc1S(=O)(=O)Nc1ccc(F)cc1Br. The van der Waals surface area contributed by atoms with E-state index in [0.29, 0.717) is 5.56 Å². The summed E-state index contributed by atoms with van der Waals surface area (Å²) in [5.41, 5.74) is 0.418. The minimum atomic E-state index is -4.00. The van der Waals surface area contributed by atoms with E-state index >= 15 is 0 Å². The number of hydrogen-bond donors (Lipinski definition) is 2. The number of nitrogens with one attached hydrogen (secondary N) is 1. The molecule has 0 fully saturated rings. The number of hydrogen-bond acceptors (Lipinski definition) is 3. The molecule has 0 saturated heterocycles. The van der Waals surface area contributed by atoms with Crippen molar-refractivity contribution in [3.63, 3.8) is 0 Å². The van der Waals surface area contributed by atoms with Crippen LogP contribution in [0.5, 0.6) is 0 Å². The van der Waals surface area contributed by atoms with Crippen LogP contribution in [0.2, 0.25) is 0 Å². The summed E-state index contributed by atoms with van der Waals surface area (Å²) < 4.78 is 40.4. The monoisotopic (exact) mass is 387 g/mol. The minimum absolute atomic E-state index is 0.135. The summed E-state index contributed by atoms with van der Waals surface area (Å²) in [5.74, 6) is -1.74. The Bertz CT molecular complexity index is 852. The smallest absolute Gasteiger partial charge is 0.335 e. The average molecular weight is 388 g/mol. The number of benzene rings is 2. The lowest BCUT2D eigenvalue weighted by Crippen LogP contribution is -2.15. The van der Waals surface area contributed by atoms with Crippen LogP contribution >= 0.6 is 15.9 Å². The Balaban J connectivity index is 2.46. The Morgan fingerprint density at radius 3 is 2.50 bits per heavy atom. The summed E-state index contributed by atoms with van der Waals surface area (Å²) in [5, 5.41) is 8.97. The summed E-state index contributed by atoms with van der Waals surface area (Å²) >= 11 is 3.07. The number of halogens is 2. The molecule has 0 spiro atoms. The Hall–Kier alpha value is -1.93. The van der Waals surface area contributed by atoms with Gasteiger partial charge in [0.2, 0.25) is 0 Å². The molecule has 2 aromatic rings. The predicted molar refractivity (Wildman–Crippen MR) is 83.0 cm³/mol. The van der Waals surface area contributed by atoms with Gasteiger partial charge < -0.3 is 5.11 Å². The van der Waals surface area contributed by atoms with Crippen LogP contribution in [0.3, 0.4) is 0 Å². The molecule has 0 aliphatic heterocycles. The number of aryl methyl sites for hydroxylation is 1. The molecule has 0 aliphatic rings. The Labute approximate surface area is 135 Å². The third-order valence-corrected chi connectivity index (χ3v) is 5.06. The number of carboxylic acids is 1. The second kappa shape index (κ2) is 6.05. The predicted octanol–water partition coefficient (Wildman–Crippen LogP) is 3.40. The van der Waals surface area contributed by atoms with Gasteiger partial charge in [0.25, 0.3) is 10.0 Å². The van der Waals surface area contributed by atoms with Gasteiger partial charge in [-0.05, 0) is 58.7 Å². The molecule has 2 N–H and O–H groups in total. The maximum atomic E-state index is 13.0. The summed E-state index contributed by atoms with van der Waals surface area (Å²) in [6.07, 6.45) is 0. The molecule has 0 amide bonds. The summed E-state index contributed by atoms with van der Waals surface area (Å²) in [6.45, 7) is 1.56. The largest absolute Gasteiger partial charge is 0.478 e. The van der Waals surface area contributed by atoms with Crippen LogP contribution in [0.1, 0.15) is 15.9 Å². The molecule has 0 unspecified atom stereocenters. The van der Waals surface area contributed by atoms with Gasteiger partial charge in [0.1, 0.15) is 5.82 Å². The van der Waals surface area contributed by atoms with E-state index in [4.69, 9.17) is 5.11 Å². The summed E-state index contributed by atoms with van der Waals surface area (Å²) in [6, 6.07) is 7.33. The zero-order chi connectivity index (χ0) is 16.5. The molecule has 5 nitrogen and oxygen atoms in total. The highest BCUT2D eigenvalue weighted by Gasteiger charge is 2.20. The lowest BCUT2D eigenvalue weighted by molar-refractivity contribution is 0.0696. The average Bonchev–Trinajstić information content (AvgIpc) is 2.42. The Kier molecular flexibility index (Phi) is 4.52. The first-order valence-electron chi connectivity index (χ1n) is 6.02. The standard InChI is InChI=1S/C14H11BrFNO4S/c1-8-2-3-9(14(18)19)6-13(8)22(20,21)17-12-5-4-10(16)7-11(12)15/h2-7,17H,1H3,(H,18,19). The van der Waals surface area contributed by atoms with Gasteiger partial charge >= 0.3 is 5.97 Å². The quantitative estimate of drug-likeness (QED) is 0.841. The molecule has 0 bridgehead atoms. The zero-order valence-electron chi connectivity index (χ0n) is 11.3. The first-order chi connectivity index (χ1) is 10.2. The number of carbonyl (C=O) groups is 1. The number of anilines is 1. The van der Waals surface area contributed by atoms with Gasteiger partial charge in [-0.25, -0.2) is 17.6 Å². The van der Waals surface area contributed by atoms with Gasteiger partial charge in [0.05, 0.1) is 16.1 Å². The molecule has 8 heteroatoms. The van der Waals surface area contributed by atoms with Gasteiger partial charge in [-0.15, -0.1) is 0 Å². The van der Waals surface area contributed by atoms with Crippen molar-refractivity contribution in [2.24, 2.45) is 0 Å². The van der Waals surface area contributed by atoms with Crippen LogP contribution in [0.4, 0.5) is 10.1 Å². The second-order valence-corrected chi connectivity index (χ2v) is 7.02. The molecular weight excluding hydrogens is 377 g/mol. The number of aromatic carboxylic acids is 1. The van der Waals surface area contributed by atoms with Crippen LogP contribution in [0.15, 0.2) is 45.8 Å². The summed E-state index contributed by atoms with van der Waals surface area (Å²) in [7, 11) is -4.00. The highest BCUT2D eigenvalue weighted by atomic mass is 79.9. The zero-order valence-corrected chi connectivity index (χ0v) is 13.7. The van der Waals surface area contributed by atoms with Gasteiger partial charge in [-0.3, -0.25) is 4.72 Å². The number of sulfonamides is 1. The third-order valence-electron chi connectivity index (χ3n) is 2.90. The van der Waals surface area contributed by atoms with Crippen molar-refractivity contribution in [1.82, 2.24) is 0 Å². The van der Waals surface area contributed by atoms with Crippen molar-refractivity contribution in [2.75, 3.05) is 4.72 Å². The normalized spacial score (nSPS) is 11.2. The first-order valence-corrected chi connectivity index (χ1v) is 8.30. The molecule has 0 aliphatic carbocycles. The van der Waals surface area contributed by atoms with Crippen LogP contribution in [-0.2, 0) is 10.0 Å². The molecule has 116 valence electrons. The molecule has 0 aromatic heterocycles. The highest BCUT2D eigenvalue weighted by Crippen LogP contribution is 2.27. The van der Waals surface area contributed by atoms with E-state index in [-0.39, 0.29) is 20.6 Å². The van der Waals surface area contributed by atoms with Crippen LogP contribution in [0.25, 0.3) is 0 Å². The molecule has 0 heterocycles. The van der Waals surface area contributed by atoms with Crippen molar-refractivity contribution >= 4 is 37.6 Å². The van der Waals surface area contributed by atoms with E-state index in [1.54, 1.807) is 6.92 Å². The van der Waals surface area contributed by atoms with Gasteiger partial charge in [0, 0.05) is 4.47 Å². The molecule has 0 radical (unpaired) electrons. The fourth-order valence-electron chi connectivity index (χ4n) is 1.79. The van der Waals surface area contributed by atoms with E-state index in [1.165, 1.54) is 18.2 Å². The number of rotatable bonds is 4. The van der Waals surface area contributed by atoms with E-state index in [9.17, 15) is 17.6 Å². The van der Waals surface area contributed by atoms with Crippen LogP contribution in [-0.4, -0.2) is 19.5 Å². The van der Waals surface area contributed by atoms with Gasteiger partial charge in [-0.2, -0.15) is 0 Å². The van der Waals surface area contributed by atoms with Crippen molar-refractivity contribution in [1.29, 1.82) is 0 Å². The Morgan fingerprint density at radius 2 is 1.91 bits per heavy atom. The Morgan fingerprint density at radius 1 is 1.23 bits per heavy atom. The topological polar surface area (TPSA) is 83.5 Å². The molecule has 0 saturated carbocycles. The highest BCUT2D eigenvalue weighted by molar-refractivity contribution is 9.10. The molecular formula is C14H11BrFNO4S. The van der Waals surface area contributed by atoms with Crippen molar-refractivity contribution in [2.45, 2.75) is 11.8 Å². The van der Waals surface area contributed by atoms with Crippen molar-refractivity contribution in [3.05, 3.63) is 57.8 Å². The maximum Gasteiger partial charge on any atom is 0.335 e. The fourth-order valence-corrected chi connectivity index (χ4v) is 3.73. The lowest BCUT2D eigenvalue weighted by atomic mass is 10.1. The second-order valence-electron chi connectivity index (χ2n) is 4.52. The molecule has 2 rings (SSSR count). The van der Waals surface area contributed by atoms with Crippen LogP contribution < -0.4 is 4.72 Å². The van der Waals surface area contributed by atoms with E-state index in [1.807, 2.05) is 0 Å². The van der Waals surface area contributed by atoms with E-state index in [0.717, 1.165) is 18.2 Å². The summed E-state index contributed by atoms with van der Waals surface area (Å²) in [4.78, 5) is 10.8. The molecule has 0 atom stereocenters. The van der Waals surface area contributed by atoms with Gasteiger partial charge in [0.15, 0.2) is 0 Å². The fraction of sp³-hybridized carbons (Fsp3) is 0.0714. The van der Waals surface area contributed by atoms with Gasteiger partial charge in [-0.1, -0.05) is 6.07 Å². The maximum absolute atomic E-state index is 13.0. The first kappa shape index (κ1) is 16.4. The van der Waals surface area contributed by atoms with Crippen molar-refractivity contribution < 1.29 is 22.7 Å². The minimum Gasteiger partial charge on any atom is -0.478 e.